The Morgan fingerprint density at radius 2 is 2.07 bits per heavy atom. The number of hydrogen-bond donors (Lipinski definition) is 0. The van der Waals surface area contributed by atoms with E-state index in [0.717, 1.165) is 19.1 Å². The summed E-state index contributed by atoms with van der Waals surface area (Å²) in [6.45, 7) is 8.77. The second-order valence-corrected chi connectivity index (χ2v) is 5.82. The normalized spacial score (nSPS) is 40.9. The predicted molar refractivity (Wildman–Crippen MR) is 56.3 cm³/mol. The van der Waals surface area contributed by atoms with Gasteiger partial charge in [0.25, 0.3) is 0 Å². The van der Waals surface area contributed by atoms with Crippen LogP contribution >= 0.6 is 0 Å². The molecule has 2 nitrogen and oxygen atoms in total. The minimum atomic E-state index is 0.412. The molecular weight excluding hydrogens is 176 g/mol. The molecule has 0 aromatic heterocycles. The van der Waals surface area contributed by atoms with Crippen LogP contribution in [-0.4, -0.2) is 25.4 Å². The molecule has 0 aromatic carbocycles. The van der Waals surface area contributed by atoms with Crippen molar-refractivity contribution >= 4 is 0 Å². The summed E-state index contributed by atoms with van der Waals surface area (Å²) in [7, 11) is 0. The Bertz CT molecular complexity index is 196. The fourth-order valence-corrected chi connectivity index (χ4v) is 2.79. The van der Waals surface area contributed by atoms with E-state index in [-0.39, 0.29) is 0 Å². The van der Waals surface area contributed by atoms with Gasteiger partial charge in [0.05, 0.1) is 19.3 Å². The summed E-state index contributed by atoms with van der Waals surface area (Å²) >= 11 is 0. The molecule has 0 spiro atoms. The largest absolute Gasteiger partial charge is 0.375 e. The smallest absolute Gasteiger partial charge is 0.104 e. The summed E-state index contributed by atoms with van der Waals surface area (Å²) < 4.78 is 11.0. The summed E-state index contributed by atoms with van der Waals surface area (Å²) in [6.07, 6.45) is 4.67. The zero-order valence-electron chi connectivity index (χ0n) is 9.58. The summed E-state index contributed by atoms with van der Waals surface area (Å²) in [5.74, 6) is 0.809. The van der Waals surface area contributed by atoms with Crippen molar-refractivity contribution in [3.63, 3.8) is 0 Å². The standard InChI is InChI=1S/C12H22O2/c1-9-4-10(6-12(2,3)5-9)13-7-11-8-14-11/h9-11H,4-8H2,1-3H3. The highest BCUT2D eigenvalue weighted by Gasteiger charge is 2.33. The minimum Gasteiger partial charge on any atom is -0.375 e. The Labute approximate surface area is 87.0 Å². The predicted octanol–water partition coefficient (Wildman–Crippen LogP) is 2.62. The molecule has 0 amide bonds. The summed E-state index contributed by atoms with van der Waals surface area (Å²) in [5, 5.41) is 0. The van der Waals surface area contributed by atoms with Crippen molar-refractivity contribution in [2.45, 2.75) is 52.2 Å². The fourth-order valence-electron chi connectivity index (χ4n) is 2.79. The van der Waals surface area contributed by atoms with Gasteiger partial charge in [-0.25, -0.2) is 0 Å². The quantitative estimate of drug-likeness (QED) is 0.650. The molecule has 1 aliphatic heterocycles. The zero-order chi connectivity index (χ0) is 10.2. The van der Waals surface area contributed by atoms with E-state index in [1.54, 1.807) is 0 Å². The molecule has 2 rings (SSSR count). The van der Waals surface area contributed by atoms with Crippen molar-refractivity contribution in [1.82, 2.24) is 0 Å². The molecule has 1 saturated heterocycles. The first-order valence-corrected chi connectivity index (χ1v) is 5.78. The van der Waals surface area contributed by atoms with Crippen LogP contribution in [-0.2, 0) is 9.47 Å². The van der Waals surface area contributed by atoms with E-state index in [1.165, 1.54) is 19.3 Å². The number of ether oxygens (including phenoxy) is 2. The Hall–Kier alpha value is -0.0800. The Kier molecular flexibility index (Phi) is 2.85. The Morgan fingerprint density at radius 1 is 1.36 bits per heavy atom. The molecule has 14 heavy (non-hydrogen) atoms. The molecule has 0 aromatic rings. The molecule has 3 atom stereocenters. The SMILES string of the molecule is CC1CC(OCC2CO2)CC(C)(C)C1. The van der Waals surface area contributed by atoms with Crippen LogP contribution in [0.4, 0.5) is 0 Å². The molecule has 2 fully saturated rings. The van der Waals surface area contributed by atoms with Crippen molar-refractivity contribution in [2.24, 2.45) is 11.3 Å². The first kappa shape index (κ1) is 10.4. The van der Waals surface area contributed by atoms with Gasteiger partial charge in [0.2, 0.25) is 0 Å². The van der Waals surface area contributed by atoms with Gasteiger partial charge < -0.3 is 9.47 Å². The average molecular weight is 198 g/mol. The third kappa shape index (κ3) is 2.96. The van der Waals surface area contributed by atoms with Crippen molar-refractivity contribution in [2.75, 3.05) is 13.2 Å². The second-order valence-electron chi connectivity index (χ2n) is 5.82. The maximum absolute atomic E-state index is 5.89. The van der Waals surface area contributed by atoms with Crippen LogP contribution in [0, 0.1) is 11.3 Å². The fraction of sp³-hybridized carbons (Fsp3) is 1.00. The Morgan fingerprint density at radius 3 is 2.64 bits per heavy atom. The summed E-state index contributed by atoms with van der Waals surface area (Å²) in [5.41, 5.74) is 0.465. The molecule has 3 unspecified atom stereocenters. The van der Waals surface area contributed by atoms with Gasteiger partial charge in [-0.1, -0.05) is 20.8 Å². The monoisotopic (exact) mass is 198 g/mol. The molecular formula is C12H22O2. The van der Waals surface area contributed by atoms with Gasteiger partial charge in [-0.15, -0.1) is 0 Å². The summed E-state index contributed by atoms with van der Waals surface area (Å²) in [6, 6.07) is 0. The maximum Gasteiger partial charge on any atom is 0.104 e. The minimum absolute atomic E-state index is 0.412. The van der Waals surface area contributed by atoms with Crippen molar-refractivity contribution in [3.8, 4) is 0 Å². The maximum atomic E-state index is 5.89. The van der Waals surface area contributed by atoms with E-state index in [9.17, 15) is 0 Å². The van der Waals surface area contributed by atoms with Crippen LogP contribution in [0.15, 0.2) is 0 Å². The first-order valence-electron chi connectivity index (χ1n) is 5.78. The lowest BCUT2D eigenvalue weighted by atomic mass is 9.71. The Balaban J connectivity index is 1.78. The van der Waals surface area contributed by atoms with E-state index in [2.05, 4.69) is 20.8 Å². The molecule has 0 radical (unpaired) electrons. The molecule has 2 heteroatoms. The van der Waals surface area contributed by atoms with E-state index < -0.39 is 0 Å². The van der Waals surface area contributed by atoms with Gasteiger partial charge in [0.15, 0.2) is 0 Å². The van der Waals surface area contributed by atoms with Gasteiger partial charge in [0, 0.05) is 0 Å². The lowest BCUT2D eigenvalue weighted by Crippen LogP contribution is -2.33. The van der Waals surface area contributed by atoms with Crippen LogP contribution in [0.1, 0.15) is 40.0 Å². The zero-order valence-corrected chi connectivity index (χ0v) is 9.58. The number of rotatable bonds is 3. The van der Waals surface area contributed by atoms with Crippen LogP contribution in [0.25, 0.3) is 0 Å². The third-order valence-corrected chi connectivity index (χ3v) is 3.27. The van der Waals surface area contributed by atoms with Gasteiger partial charge in [-0.2, -0.15) is 0 Å². The highest BCUT2D eigenvalue weighted by Crippen LogP contribution is 2.39. The lowest BCUT2D eigenvalue weighted by molar-refractivity contribution is -0.0278. The molecule has 2 aliphatic rings. The highest BCUT2D eigenvalue weighted by atomic mass is 16.6. The average Bonchev–Trinajstić information content (AvgIpc) is 2.79. The molecule has 0 N–H and O–H groups in total. The number of epoxide rings is 1. The van der Waals surface area contributed by atoms with Crippen molar-refractivity contribution in [1.29, 1.82) is 0 Å². The van der Waals surface area contributed by atoms with Crippen LogP contribution in [0.3, 0.4) is 0 Å². The van der Waals surface area contributed by atoms with Gasteiger partial charge in [-0.3, -0.25) is 0 Å². The molecule has 1 heterocycles. The molecule has 0 bridgehead atoms. The van der Waals surface area contributed by atoms with E-state index in [1.807, 2.05) is 0 Å². The topological polar surface area (TPSA) is 21.8 Å². The second kappa shape index (κ2) is 3.82. The van der Waals surface area contributed by atoms with Crippen LogP contribution in [0.5, 0.6) is 0 Å². The summed E-state index contributed by atoms with van der Waals surface area (Å²) in [4.78, 5) is 0. The molecule has 82 valence electrons. The van der Waals surface area contributed by atoms with Crippen LogP contribution < -0.4 is 0 Å². The highest BCUT2D eigenvalue weighted by molar-refractivity contribution is 4.84. The number of hydrogen-bond acceptors (Lipinski definition) is 2. The molecule has 1 aliphatic carbocycles. The van der Waals surface area contributed by atoms with Gasteiger partial charge in [-0.05, 0) is 30.6 Å². The van der Waals surface area contributed by atoms with E-state index in [0.29, 0.717) is 17.6 Å². The molecule has 1 saturated carbocycles. The van der Waals surface area contributed by atoms with Crippen molar-refractivity contribution < 1.29 is 9.47 Å². The first-order chi connectivity index (χ1) is 6.55. The van der Waals surface area contributed by atoms with Gasteiger partial charge >= 0.3 is 0 Å². The van der Waals surface area contributed by atoms with E-state index >= 15 is 0 Å². The van der Waals surface area contributed by atoms with Crippen molar-refractivity contribution in [3.05, 3.63) is 0 Å². The third-order valence-electron chi connectivity index (χ3n) is 3.27. The van der Waals surface area contributed by atoms with Gasteiger partial charge in [0.1, 0.15) is 6.10 Å². The lowest BCUT2D eigenvalue weighted by Gasteiger charge is -2.38. The van der Waals surface area contributed by atoms with Crippen LogP contribution in [0.2, 0.25) is 0 Å². The van der Waals surface area contributed by atoms with E-state index in [4.69, 9.17) is 9.47 Å².